The number of aryl methyl sites for hydroxylation is 2. The first-order chi connectivity index (χ1) is 21.3. The fourth-order valence-corrected chi connectivity index (χ4v) is 7.59. The highest BCUT2D eigenvalue weighted by atomic mass is 19.1. The van der Waals surface area contributed by atoms with Crippen molar-refractivity contribution in [3.05, 3.63) is 47.0 Å². The van der Waals surface area contributed by atoms with Crippen LogP contribution in [0.25, 0.3) is 43.8 Å². The van der Waals surface area contributed by atoms with Crippen molar-refractivity contribution in [3.63, 3.8) is 0 Å². The fourth-order valence-electron chi connectivity index (χ4n) is 7.59. The number of ether oxygens (including phenoxy) is 1. The van der Waals surface area contributed by atoms with Crippen LogP contribution < -0.4 is 10.1 Å². The maximum Gasteiger partial charge on any atom is 0.225 e. The zero-order valence-electron chi connectivity index (χ0n) is 26.0. The van der Waals surface area contributed by atoms with Crippen LogP contribution in [0.15, 0.2) is 24.5 Å². The highest BCUT2D eigenvalue weighted by Gasteiger charge is 2.31. The van der Waals surface area contributed by atoms with Gasteiger partial charge in [0.05, 0.1) is 47.3 Å². The summed E-state index contributed by atoms with van der Waals surface area (Å²) in [6.45, 7) is 9.95. The number of rotatable bonds is 6. The van der Waals surface area contributed by atoms with Crippen LogP contribution in [0.4, 0.5) is 4.39 Å². The molecule has 44 heavy (non-hydrogen) atoms. The summed E-state index contributed by atoms with van der Waals surface area (Å²) in [4.78, 5) is 7.27. The molecule has 0 aliphatic carbocycles. The Kier molecular flexibility index (Phi) is 7.26. The minimum absolute atomic E-state index is 0.0663. The summed E-state index contributed by atoms with van der Waals surface area (Å²) in [5, 5.41) is 27.4. The van der Waals surface area contributed by atoms with E-state index in [4.69, 9.17) is 14.8 Å². The molecule has 2 N–H and O–H groups in total. The number of aromatic nitrogens is 5. The Labute approximate surface area is 256 Å². The molecule has 0 bridgehead atoms. The van der Waals surface area contributed by atoms with Crippen LogP contribution in [-0.2, 0) is 0 Å². The third kappa shape index (κ3) is 4.61. The number of likely N-dealkylation sites (tertiary alicyclic amines) is 1. The molecular formula is C34H39FN8O. The van der Waals surface area contributed by atoms with Gasteiger partial charge in [-0.2, -0.15) is 15.5 Å². The Morgan fingerprint density at radius 3 is 2.73 bits per heavy atom. The third-order valence-corrected chi connectivity index (χ3v) is 10.0. The number of hydrogen-bond donors (Lipinski definition) is 2. The fraction of sp³-hybridized carbons (Fsp3) is 0.471. The summed E-state index contributed by atoms with van der Waals surface area (Å²) in [6.07, 6.45) is 7.72. The molecule has 5 aromatic rings. The first kappa shape index (κ1) is 28.7. The van der Waals surface area contributed by atoms with Gasteiger partial charge in [0.15, 0.2) is 5.82 Å². The van der Waals surface area contributed by atoms with Gasteiger partial charge in [0, 0.05) is 28.4 Å². The van der Waals surface area contributed by atoms with Gasteiger partial charge in [0.25, 0.3) is 0 Å². The molecule has 9 nitrogen and oxygen atoms in total. The number of nitrogens with one attached hydrogen (secondary N) is 2. The SMILES string of the molecule is Cc1cc2[nH]ncc2c(-c2c(C)cc3c(nc(O[C@@H](C)[C@@H]4CCCN4C)c4cnn([C@H]5CCN[C@H](CC#N)C5)c43)c2F)c1C. The highest BCUT2D eigenvalue weighted by Crippen LogP contribution is 2.43. The van der Waals surface area contributed by atoms with E-state index in [1.165, 1.54) is 0 Å². The van der Waals surface area contributed by atoms with Crippen LogP contribution in [0.3, 0.4) is 0 Å². The Hall–Kier alpha value is -4.07. The minimum Gasteiger partial charge on any atom is -0.472 e. The Bertz CT molecular complexity index is 1940. The van der Waals surface area contributed by atoms with Gasteiger partial charge in [-0.05, 0) is 108 Å². The second-order valence-corrected chi connectivity index (χ2v) is 12.8. The molecule has 2 fully saturated rings. The quantitative estimate of drug-likeness (QED) is 0.239. The molecule has 0 saturated carbocycles. The maximum absolute atomic E-state index is 17.2. The van der Waals surface area contributed by atoms with Crippen molar-refractivity contribution in [1.29, 1.82) is 5.26 Å². The molecule has 228 valence electrons. The second-order valence-electron chi connectivity index (χ2n) is 12.8. The Morgan fingerprint density at radius 2 is 1.95 bits per heavy atom. The average molecular weight is 595 g/mol. The molecule has 2 saturated heterocycles. The molecule has 0 amide bonds. The lowest BCUT2D eigenvalue weighted by molar-refractivity contribution is 0.119. The number of aromatic amines is 1. The zero-order valence-corrected chi connectivity index (χ0v) is 26.0. The number of likely N-dealkylation sites (N-methyl/N-ethyl adjacent to an activating group) is 1. The van der Waals surface area contributed by atoms with Crippen LogP contribution in [0, 0.1) is 37.9 Å². The Balaban J connectivity index is 1.46. The lowest BCUT2D eigenvalue weighted by Gasteiger charge is -2.30. The van der Waals surface area contributed by atoms with Crippen LogP contribution in [0.5, 0.6) is 5.88 Å². The van der Waals surface area contributed by atoms with Gasteiger partial charge >= 0.3 is 0 Å². The van der Waals surface area contributed by atoms with Gasteiger partial charge in [0.1, 0.15) is 11.6 Å². The largest absolute Gasteiger partial charge is 0.472 e. The van der Waals surface area contributed by atoms with Crippen molar-refractivity contribution < 1.29 is 9.13 Å². The molecule has 2 aliphatic rings. The van der Waals surface area contributed by atoms with E-state index >= 15 is 4.39 Å². The van der Waals surface area contributed by atoms with E-state index in [0.717, 1.165) is 88.2 Å². The van der Waals surface area contributed by atoms with Gasteiger partial charge in [-0.1, -0.05) is 0 Å². The number of nitriles is 1. The minimum atomic E-state index is -0.367. The summed E-state index contributed by atoms with van der Waals surface area (Å²) < 4.78 is 25.9. The summed E-state index contributed by atoms with van der Waals surface area (Å²) in [5.41, 5.74) is 6.26. The average Bonchev–Trinajstić information content (AvgIpc) is 3.76. The van der Waals surface area contributed by atoms with E-state index in [1.54, 1.807) is 6.20 Å². The van der Waals surface area contributed by atoms with Crippen molar-refractivity contribution in [3.8, 4) is 23.1 Å². The predicted octanol–water partition coefficient (Wildman–Crippen LogP) is 6.26. The number of halogens is 1. The first-order valence-corrected chi connectivity index (χ1v) is 15.7. The van der Waals surface area contributed by atoms with E-state index in [9.17, 15) is 5.26 Å². The van der Waals surface area contributed by atoms with Crippen LogP contribution in [0.1, 0.15) is 61.8 Å². The third-order valence-electron chi connectivity index (χ3n) is 10.0. The van der Waals surface area contributed by atoms with E-state index in [0.29, 0.717) is 17.9 Å². The molecule has 5 heterocycles. The number of H-pyrrole nitrogens is 1. The van der Waals surface area contributed by atoms with E-state index in [-0.39, 0.29) is 35.6 Å². The van der Waals surface area contributed by atoms with Crippen molar-refractivity contribution in [2.24, 2.45) is 0 Å². The molecule has 0 unspecified atom stereocenters. The molecule has 0 radical (unpaired) electrons. The topological polar surface area (TPSA) is 108 Å². The van der Waals surface area contributed by atoms with Crippen LogP contribution in [0.2, 0.25) is 0 Å². The van der Waals surface area contributed by atoms with Crippen molar-refractivity contribution in [2.45, 2.75) is 84.0 Å². The van der Waals surface area contributed by atoms with Gasteiger partial charge in [-0.15, -0.1) is 0 Å². The zero-order chi connectivity index (χ0) is 30.7. The van der Waals surface area contributed by atoms with Crippen LogP contribution in [-0.4, -0.2) is 68.2 Å². The number of pyridine rings is 1. The number of fused-ring (bicyclic) bond motifs is 4. The van der Waals surface area contributed by atoms with Crippen molar-refractivity contribution >= 4 is 32.7 Å². The van der Waals surface area contributed by atoms with E-state index in [2.05, 4.69) is 52.6 Å². The number of benzene rings is 2. The molecule has 4 atom stereocenters. The monoisotopic (exact) mass is 594 g/mol. The summed E-state index contributed by atoms with van der Waals surface area (Å²) in [7, 11) is 2.13. The molecule has 3 aromatic heterocycles. The van der Waals surface area contributed by atoms with Gasteiger partial charge in [-0.3, -0.25) is 14.7 Å². The highest BCUT2D eigenvalue weighted by molar-refractivity contribution is 6.09. The normalized spacial score (nSPS) is 21.8. The van der Waals surface area contributed by atoms with Gasteiger partial charge in [0.2, 0.25) is 5.88 Å². The van der Waals surface area contributed by atoms with E-state index in [1.807, 2.05) is 31.6 Å². The standard InChI is InChI=1S/C34H39FN8O/c1-18-14-27-25(16-38-41-27)30(20(18)3)29-19(2)13-24-32(31(29)35)40-34(44-21(4)28-7-6-12-42(28)5)26-17-39-43(33(24)26)23-9-11-37-22(15-23)8-10-36/h13-14,16-17,21-23,28,37H,6-9,11-12,15H2,1-5H3,(H,38,41)/t21-,22+,23-,28-/m0/s1. The number of hydrogen-bond acceptors (Lipinski definition) is 7. The molecule has 7 rings (SSSR count). The smallest absolute Gasteiger partial charge is 0.225 e. The molecule has 2 aromatic carbocycles. The summed E-state index contributed by atoms with van der Waals surface area (Å²) >= 11 is 0. The van der Waals surface area contributed by atoms with Crippen LogP contribution >= 0.6 is 0 Å². The molecular weight excluding hydrogens is 555 g/mol. The van der Waals surface area contributed by atoms with Crippen molar-refractivity contribution in [2.75, 3.05) is 20.1 Å². The summed E-state index contributed by atoms with van der Waals surface area (Å²) in [5.74, 6) is 0.0474. The van der Waals surface area contributed by atoms with E-state index < -0.39 is 0 Å². The molecule has 0 spiro atoms. The molecule has 10 heteroatoms. The second kappa shape index (κ2) is 11.1. The maximum atomic E-state index is 17.2. The molecule has 2 aliphatic heterocycles. The predicted molar refractivity (Wildman–Crippen MR) is 170 cm³/mol. The lowest BCUT2D eigenvalue weighted by atomic mass is 9.89. The van der Waals surface area contributed by atoms with Crippen molar-refractivity contribution in [1.82, 2.24) is 35.2 Å². The lowest BCUT2D eigenvalue weighted by Crippen LogP contribution is -2.38. The first-order valence-electron chi connectivity index (χ1n) is 15.7. The summed E-state index contributed by atoms with van der Waals surface area (Å²) in [6, 6.07) is 6.83. The van der Waals surface area contributed by atoms with Gasteiger partial charge < -0.3 is 10.1 Å². The number of piperidine rings is 1. The Morgan fingerprint density at radius 1 is 1.11 bits per heavy atom. The number of nitrogens with zero attached hydrogens (tertiary/aromatic N) is 6. The van der Waals surface area contributed by atoms with Gasteiger partial charge in [-0.25, -0.2) is 9.37 Å².